The van der Waals surface area contributed by atoms with Crippen molar-refractivity contribution in [2.24, 2.45) is 5.10 Å². The highest BCUT2D eigenvalue weighted by molar-refractivity contribution is 6.02. The molecule has 32 heavy (non-hydrogen) atoms. The first-order chi connectivity index (χ1) is 15.6. The first-order valence-corrected chi connectivity index (χ1v) is 10.3. The fraction of sp³-hybridized carbons (Fsp3) is 0.160. The van der Waals surface area contributed by atoms with Crippen LogP contribution in [-0.4, -0.2) is 22.3 Å². The van der Waals surface area contributed by atoms with Gasteiger partial charge < -0.3 is 9.47 Å². The number of nitro benzene ring substituents is 1. The Morgan fingerprint density at radius 2 is 1.94 bits per heavy atom. The maximum atomic E-state index is 11.4. The molecule has 2 atom stereocenters. The van der Waals surface area contributed by atoms with Crippen molar-refractivity contribution >= 4 is 11.4 Å². The van der Waals surface area contributed by atoms with Gasteiger partial charge in [-0.15, -0.1) is 0 Å². The summed E-state index contributed by atoms with van der Waals surface area (Å²) >= 11 is 0. The fourth-order valence-electron chi connectivity index (χ4n) is 4.10. The quantitative estimate of drug-likeness (QED) is 0.299. The van der Waals surface area contributed by atoms with E-state index < -0.39 is 6.23 Å². The Balaban J connectivity index is 1.52. The van der Waals surface area contributed by atoms with E-state index in [0.29, 0.717) is 18.8 Å². The van der Waals surface area contributed by atoms with Gasteiger partial charge in [0.2, 0.25) is 6.23 Å². The summed E-state index contributed by atoms with van der Waals surface area (Å²) in [5.41, 5.74) is 3.66. The molecule has 3 aromatic carbocycles. The van der Waals surface area contributed by atoms with Gasteiger partial charge in [0.05, 0.1) is 16.7 Å². The van der Waals surface area contributed by atoms with Crippen molar-refractivity contribution in [1.29, 1.82) is 0 Å². The second-order valence-corrected chi connectivity index (χ2v) is 7.63. The lowest BCUT2D eigenvalue weighted by atomic mass is 9.95. The van der Waals surface area contributed by atoms with Crippen LogP contribution < -0.4 is 9.47 Å². The van der Waals surface area contributed by atoms with Crippen molar-refractivity contribution in [1.82, 2.24) is 5.01 Å². The Morgan fingerprint density at radius 3 is 2.66 bits per heavy atom. The average Bonchev–Trinajstić information content (AvgIpc) is 3.28. The van der Waals surface area contributed by atoms with Crippen molar-refractivity contribution in [2.45, 2.75) is 18.7 Å². The molecule has 0 radical (unpaired) electrons. The van der Waals surface area contributed by atoms with Gasteiger partial charge in [0, 0.05) is 29.7 Å². The lowest BCUT2D eigenvalue weighted by Crippen LogP contribution is -2.33. The molecule has 2 aliphatic rings. The molecule has 7 heteroatoms. The molecule has 0 aliphatic carbocycles. The molecule has 0 bridgehead atoms. The molecule has 5 rings (SSSR count). The minimum absolute atomic E-state index is 0.0441. The summed E-state index contributed by atoms with van der Waals surface area (Å²) in [6.07, 6.45) is 1.91. The third-order valence-corrected chi connectivity index (χ3v) is 5.62. The van der Waals surface area contributed by atoms with E-state index in [1.165, 1.54) is 6.07 Å². The number of benzene rings is 3. The van der Waals surface area contributed by atoms with Gasteiger partial charge in [0.15, 0.2) is 0 Å². The summed E-state index contributed by atoms with van der Waals surface area (Å²) in [7, 11) is 0. The molecular formula is C25H21N3O4. The molecule has 2 unspecified atom stereocenters. The largest absolute Gasteiger partial charge is 0.490 e. The molecule has 0 amide bonds. The Bertz CT molecular complexity index is 1190. The first kappa shape index (κ1) is 19.8. The van der Waals surface area contributed by atoms with Gasteiger partial charge in [-0.1, -0.05) is 43.0 Å². The van der Waals surface area contributed by atoms with Crippen molar-refractivity contribution in [3.63, 3.8) is 0 Å². The fourth-order valence-corrected chi connectivity index (χ4v) is 4.10. The van der Waals surface area contributed by atoms with Crippen LogP contribution in [0.3, 0.4) is 0 Å². The maximum absolute atomic E-state index is 11.4. The lowest BCUT2D eigenvalue weighted by Gasteiger charge is -2.38. The summed E-state index contributed by atoms with van der Waals surface area (Å²) in [4.78, 5) is 11.0. The van der Waals surface area contributed by atoms with Gasteiger partial charge in [0.1, 0.15) is 18.1 Å². The topological polar surface area (TPSA) is 77.2 Å². The van der Waals surface area contributed by atoms with E-state index >= 15 is 0 Å². The number of hydrogen-bond acceptors (Lipinski definition) is 6. The van der Waals surface area contributed by atoms with Gasteiger partial charge in [-0.2, -0.15) is 5.10 Å². The second-order valence-electron chi connectivity index (χ2n) is 7.63. The minimum atomic E-state index is -0.414. The Hall–Kier alpha value is -4.13. The number of fused-ring (bicyclic) bond motifs is 3. The van der Waals surface area contributed by atoms with E-state index in [4.69, 9.17) is 14.6 Å². The van der Waals surface area contributed by atoms with Crippen molar-refractivity contribution < 1.29 is 14.4 Å². The zero-order valence-corrected chi connectivity index (χ0v) is 17.3. The zero-order valence-electron chi connectivity index (χ0n) is 17.3. The van der Waals surface area contributed by atoms with Crippen LogP contribution in [0.25, 0.3) is 0 Å². The lowest BCUT2D eigenvalue weighted by molar-refractivity contribution is -0.385. The predicted molar refractivity (Wildman–Crippen MR) is 121 cm³/mol. The zero-order chi connectivity index (χ0) is 22.1. The molecule has 160 valence electrons. The number of rotatable bonds is 6. The van der Waals surface area contributed by atoms with E-state index in [1.54, 1.807) is 18.2 Å². The molecule has 2 aliphatic heterocycles. The predicted octanol–water partition coefficient (Wildman–Crippen LogP) is 5.40. The van der Waals surface area contributed by atoms with Gasteiger partial charge in [-0.05, 0) is 35.9 Å². The molecule has 3 aromatic rings. The molecule has 2 heterocycles. The standard InChI is InChI=1S/C25H21N3O4/c1-2-14-31-20-11-8-17(9-12-20)22-16-23-21-15-19(28(29)30)10-13-24(21)32-25(27(23)26-22)18-6-4-3-5-7-18/h2-13,15,23,25H,1,14,16H2. The molecule has 0 spiro atoms. The van der Waals surface area contributed by atoms with E-state index in [2.05, 4.69) is 6.58 Å². The molecule has 7 nitrogen and oxygen atoms in total. The Labute approximate surface area is 185 Å². The van der Waals surface area contributed by atoms with Gasteiger partial charge in [-0.3, -0.25) is 10.1 Å². The third kappa shape index (κ3) is 3.58. The number of non-ortho nitro benzene ring substituents is 1. The van der Waals surface area contributed by atoms with Crippen LogP contribution in [0.5, 0.6) is 11.5 Å². The summed E-state index contributed by atoms with van der Waals surface area (Å²) in [6.45, 7) is 4.11. The first-order valence-electron chi connectivity index (χ1n) is 10.3. The normalized spacial score (nSPS) is 18.8. The summed E-state index contributed by atoms with van der Waals surface area (Å²) < 4.78 is 11.9. The van der Waals surface area contributed by atoms with Crippen LogP contribution in [0.15, 0.2) is 90.6 Å². The van der Waals surface area contributed by atoms with Crippen molar-refractivity contribution in [3.8, 4) is 11.5 Å². The van der Waals surface area contributed by atoms with Crippen LogP contribution >= 0.6 is 0 Å². The molecule has 0 aromatic heterocycles. The van der Waals surface area contributed by atoms with Gasteiger partial charge >= 0.3 is 0 Å². The number of nitrogens with zero attached hydrogens (tertiary/aromatic N) is 3. The summed E-state index contributed by atoms with van der Waals surface area (Å²) in [5.74, 6) is 1.41. The van der Waals surface area contributed by atoms with Crippen LogP contribution in [0.2, 0.25) is 0 Å². The monoisotopic (exact) mass is 427 g/mol. The summed E-state index contributed by atoms with van der Waals surface area (Å²) in [6, 6.07) is 22.2. The average molecular weight is 427 g/mol. The van der Waals surface area contributed by atoms with Gasteiger partial charge in [-0.25, -0.2) is 5.01 Å². The minimum Gasteiger partial charge on any atom is -0.490 e. The number of nitro groups is 1. The smallest absolute Gasteiger partial charge is 0.270 e. The van der Waals surface area contributed by atoms with Crippen LogP contribution in [0.4, 0.5) is 5.69 Å². The van der Waals surface area contributed by atoms with Gasteiger partial charge in [0.25, 0.3) is 5.69 Å². The Kier molecular flexibility index (Phi) is 5.07. The van der Waals surface area contributed by atoms with Crippen LogP contribution in [0.1, 0.15) is 35.4 Å². The highest BCUT2D eigenvalue weighted by Crippen LogP contribution is 2.48. The molecule has 0 fully saturated rings. The molecular weight excluding hydrogens is 406 g/mol. The Morgan fingerprint density at radius 1 is 1.16 bits per heavy atom. The number of hydrogen-bond donors (Lipinski definition) is 0. The van der Waals surface area contributed by atoms with E-state index in [0.717, 1.165) is 28.2 Å². The van der Waals surface area contributed by atoms with E-state index in [-0.39, 0.29) is 16.7 Å². The number of ether oxygens (including phenoxy) is 2. The second kappa shape index (κ2) is 8.19. The maximum Gasteiger partial charge on any atom is 0.270 e. The SMILES string of the molecule is C=CCOc1ccc(C2=NN3C(C2)c2cc([N+](=O)[O-])ccc2OC3c2ccccc2)cc1. The third-order valence-electron chi connectivity index (χ3n) is 5.62. The molecule has 0 saturated heterocycles. The van der Waals surface area contributed by atoms with Crippen LogP contribution in [0, 0.1) is 10.1 Å². The summed E-state index contributed by atoms with van der Waals surface area (Å²) in [5, 5.41) is 18.2. The van der Waals surface area contributed by atoms with Crippen molar-refractivity contribution in [3.05, 3.63) is 112 Å². The van der Waals surface area contributed by atoms with E-state index in [9.17, 15) is 10.1 Å². The highest BCUT2D eigenvalue weighted by atomic mass is 16.6. The highest BCUT2D eigenvalue weighted by Gasteiger charge is 2.41. The molecule has 0 saturated carbocycles. The van der Waals surface area contributed by atoms with E-state index in [1.807, 2.05) is 59.6 Å². The number of hydrazone groups is 1. The molecule has 0 N–H and O–H groups in total. The van der Waals surface area contributed by atoms with Crippen molar-refractivity contribution in [2.75, 3.05) is 6.61 Å². The van der Waals surface area contributed by atoms with Crippen LogP contribution in [-0.2, 0) is 0 Å².